The molecule has 2 rings (SSSR count). The summed E-state index contributed by atoms with van der Waals surface area (Å²) in [6.07, 6.45) is 1.56. The number of nitrogens with one attached hydrogen (secondary N) is 1. The average molecular weight is 347 g/mol. The molecular weight excluding hydrogens is 339 g/mol. The third kappa shape index (κ3) is 3.15. The van der Waals surface area contributed by atoms with E-state index in [1.54, 1.807) is 24.3 Å². The van der Waals surface area contributed by atoms with Crippen molar-refractivity contribution in [3.05, 3.63) is 38.7 Å². The number of rotatable bonds is 2. The van der Waals surface area contributed by atoms with E-state index in [1.807, 2.05) is 0 Å². The maximum Gasteiger partial charge on any atom is 0.285 e. The molecule has 1 aliphatic heterocycles. The topological polar surface area (TPSA) is 49.4 Å². The molecule has 8 heteroatoms. The molecule has 1 fully saturated rings. The summed E-state index contributed by atoms with van der Waals surface area (Å²) in [4.78, 5) is 23.5. The van der Waals surface area contributed by atoms with Crippen LogP contribution < -0.4 is 5.43 Å². The number of amides is 2. The summed E-state index contributed by atoms with van der Waals surface area (Å²) in [6, 6.07) is 5.06. The van der Waals surface area contributed by atoms with Crippen molar-refractivity contribution in [3.63, 3.8) is 0 Å². The Labute approximate surface area is 135 Å². The molecule has 0 bridgehead atoms. The molecule has 0 aliphatic carbocycles. The molecule has 0 aromatic heterocycles. The smallest absolute Gasteiger partial charge is 0.274 e. The number of carbonyl (C=O) groups excluding carboxylic acids is 2. The van der Waals surface area contributed by atoms with Crippen LogP contribution in [-0.2, 0) is 9.59 Å². The molecule has 1 aliphatic rings. The number of nitrogens with zero attached hydrogens (tertiary/aromatic N) is 1. The van der Waals surface area contributed by atoms with Crippen molar-refractivity contribution in [1.82, 2.24) is 10.4 Å². The molecule has 1 saturated heterocycles. The van der Waals surface area contributed by atoms with Crippen LogP contribution in [-0.4, -0.2) is 21.1 Å². The number of benzene rings is 1. The standard InChI is InChI=1S/C12H8Cl2N2O2S2/c1-6(17)15-16-11(18)10(20-12(16)19)5-7-8(13)3-2-4-9(7)14/h2-5H,1H3,(H,15,17)/b10-5-. The molecule has 0 unspecified atom stereocenters. The van der Waals surface area contributed by atoms with E-state index >= 15 is 0 Å². The Morgan fingerprint density at radius 3 is 2.55 bits per heavy atom. The van der Waals surface area contributed by atoms with E-state index in [0.29, 0.717) is 20.5 Å². The van der Waals surface area contributed by atoms with Gasteiger partial charge >= 0.3 is 0 Å². The van der Waals surface area contributed by atoms with Gasteiger partial charge in [-0.3, -0.25) is 15.0 Å². The summed E-state index contributed by atoms with van der Waals surface area (Å²) >= 11 is 18.2. The molecule has 4 nitrogen and oxygen atoms in total. The third-order valence-electron chi connectivity index (χ3n) is 2.34. The lowest BCUT2D eigenvalue weighted by Crippen LogP contribution is -2.43. The Morgan fingerprint density at radius 1 is 1.40 bits per heavy atom. The lowest BCUT2D eigenvalue weighted by molar-refractivity contribution is -0.131. The highest BCUT2D eigenvalue weighted by molar-refractivity contribution is 8.26. The number of thioether (sulfide) groups is 1. The molecule has 20 heavy (non-hydrogen) atoms. The first kappa shape index (κ1) is 15.3. The van der Waals surface area contributed by atoms with E-state index < -0.39 is 5.91 Å². The Morgan fingerprint density at radius 2 is 2.00 bits per heavy atom. The van der Waals surface area contributed by atoms with Gasteiger partial charge in [-0.25, -0.2) is 0 Å². The predicted octanol–water partition coefficient (Wildman–Crippen LogP) is 3.25. The van der Waals surface area contributed by atoms with E-state index in [0.717, 1.165) is 16.8 Å². The van der Waals surface area contributed by atoms with Crippen molar-refractivity contribution in [2.75, 3.05) is 0 Å². The van der Waals surface area contributed by atoms with Gasteiger partial charge < -0.3 is 0 Å². The Bertz CT molecular complexity index is 626. The molecule has 2 amide bonds. The summed E-state index contributed by atoms with van der Waals surface area (Å²) in [6.45, 7) is 1.30. The zero-order chi connectivity index (χ0) is 14.9. The van der Waals surface area contributed by atoms with Crippen molar-refractivity contribution in [2.24, 2.45) is 0 Å². The minimum Gasteiger partial charge on any atom is -0.274 e. The highest BCUT2D eigenvalue weighted by Crippen LogP contribution is 2.34. The third-order valence-corrected chi connectivity index (χ3v) is 4.30. The first-order valence-electron chi connectivity index (χ1n) is 5.39. The van der Waals surface area contributed by atoms with E-state index in [4.69, 9.17) is 35.4 Å². The fraction of sp³-hybridized carbons (Fsp3) is 0.0833. The molecule has 0 spiro atoms. The molecule has 1 aromatic rings. The monoisotopic (exact) mass is 346 g/mol. The largest absolute Gasteiger partial charge is 0.285 e. The Balaban J connectivity index is 2.35. The number of hydrazine groups is 1. The Hall–Kier alpha value is -1.08. The van der Waals surface area contributed by atoms with Crippen LogP contribution in [0.1, 0.15) is 12.5 Å². The molecular formula is C12H8Cl2N2O2S2. The zero-order valence-electron chi connectivity index (χ0n) is 10.1. The SMILES string of the molecule is CC(=O)NN1C(=O)/C(=C/c2c(Cl)cccc2Cl)SC1=S. The lowest BCUT2D eigenvalue weighted by Gasteiger charge is -2.13. The van der Waals surface area contributed by atoms with Crippen LogP contribution in [0.2, 0.25) is 10.0 Å². The molecule has 1 N–H and O–H groups in total. The number of carbonyl (C=O) groups is 2. The normalized spacial score (nSPS) is 16.9. The maximum atomic E-state index is 12.1. The van der Waals surface area contributed by atoms with Gasteiger partial charge in [0.1, 0.15) is 0 Å². The van der Waals surface area contributed by atoms with Gasteiger partial charge in [-0.1, -0.05) is 41.0 Å². The second-order valence-electron chi connectivity index (χ2n) is 3.82. The summed E-state index contributed by atoms with van der Waals surface area (Å²) in [5, 5.41) is 1.89. The van der Waals surface area contributed by atoms with Crippen LogP contribution in [0, 0.1) is 0 Å². The van der Waals surface area contributed by atoms with Gasteiger partial charge in [0.2, 0.25) is 5.91 Å². The fourth-order valence-electron chi connectivity index (χ4n) is 1.50. The van der Waals surface area contributed by atoms with E-state index in [1.165, 1.54) is 6.92 Å². The molecule has 0 radical (unpaired) electrons. The number of halogens is 2. The molecule has 0 atom stereocenters. The first-order valence-corrected chi connectivity index (χ1v) is 7.37. The summed E-state index contributed by atoms with van der Waals surface area (Å²) in [5.74, 6) is -0.787. The van der Waals surface area contributed by atoms with Crippen LogP contribution in [0.5, 0.6) is 0 Å². The quantitative estimate of drug-likeness (QED) is 0.659. The average Bonchev–Trinajstić information content (AvgIpc) is 2.61. The molecule has 104 valence electrons. The van der Waals surface area contributed by atoms with Gasteiger partial charge in [-0.2, -0.15) is 5.01 Å². The minimum atomic E-state index is -0.411. The lowest BCUT2D eigenvalue weighted by atomic mass is 10.2. The van der Waals surface area contributed by atoms with Gasteiger partial charge in [0.25, 0.3) is 5.91 Å². The van der Waals surface area contributed by atoms with Gasteiger partial charge in [0.05, 0.1) is 4.91 Å². The second-order valence-corrected chi connectivity index (χ2v) is 6.31. The van der Waals surface area contributed by atoms with Crippen LogP contribution in [0.15, 0.2) is 23.1 Å². The molecule has 0 saturated carbocycles. The minimum absolute atomic E-state index is 0.250. The van der Waals surface area contributed by atoms with Crippen LogP contribution in [0.4, 0.5) is 0 Å². The zero-order valence-corrected chi connectivity index (χ0v) is 13.3. The van der Waals surface area contributed by atoms with E-state index in [9.17, 15) is 9.59 Å². The van der Waals surface area contributed by atoms with Crippen molar-refractivity contribution >= 4 is 69.4 Å². The fourth-order valence-corrected chi connectivity index (χ4v) is 3.17. The highest BCUT2D eigenvalue weighted by atomic mass is 35.5. The first-order chi connectivity index (χ1) is 9.40. The van der Waals surface area contributed by atoms with Gasteiger partial charge in [0.15, 0.2) is 4.32 Å². The van der Waals surface area contributed by atoms with Crippen molar-refractivity contribution in [2.45, 2.75) is 6.92 Å². The summed E-state index contributed by atoms with van der Waals surface area (Å²) < 4.78 is 0.250. The van der Waals surface area contributed by atoms with Crippen LogP contribution >= 0.6 is 47.2 Å². The number of thiocarbonyl (C=S) groups is 1. The van der Waals surface area contributed by atoms with Crippen molar-refractivity contribution in [3.8, 4) is 0 Å². The molecule has 1 heterocycles. The van der Waals surface area contributed by atoms with E-state index in [2.05, 4.69) is 5.43 Å². The van der Waals surface area contributed by atoms with Gasteiger partial charge in [-0.15, -0.1) is 0 Å². The second kappa shape index (κ2) is 6.13. The molecule has 1 aromatic carbocycles. The number of hydrogen-bond acceptors (Lipinski definition) is 4. The predicted molar refractivity (Wildman–Crippen MR) is 85.3 cm³/mol. The summed E-state index contributed by atoms with van der Waals surface area (Å²) in [5.41, 5.74) is 2.90. The Kier molecular flexibility index (Phi) is 4.70. The number of hydrogen-bond donors (Lipinski definition) is 1. The van der Waals surface area contributed by atoms with Gasteiger partial charge in [-0.05, 0) is 30.4 Å². The summed E-state index contributed by atoms with van der Waals surface area (Å²) in [7, 11) is 0. The van der Waals surface area contributed by atoms with Crippen LogP contribution in [0.3, 0.4) is 0 Å². The highest BCUT2D eigenvalue weighted by Gasteiger charge is 2.33. The van der Waals surface area contributed by atoms with Crippen LogP contribution in [0.25, 0.3) is 6.08 Å². The van der Waals surface area contributed by atoms with Crippen molar-refractivity contribution < 1.29 is 9.59 Å². The maximum absolute atomic E-state index is 12.1. The van der Waals surface area contributed by atoms with Gasteiger partial charge in [0, 0.05) is 22.5 Å². The van der Waals surface area contributed by atoms with Crippen molar-refractivity contribution in [1.29, 1.82) is 0 Å². The van der Waals surface area contributed by atoms with E-state index in [-0.39, 0.29) is 10.2 Å².